The summed E-state index contributed by atoms with van der Waals surface area (Å²) in [5.41, 5.74) is -4.26. The van der Waals surface area contributed by atoms with Gasteiger partial charge in [0.05, 0.1) is 5.39 Å². The van der Waals surface area contributed by atoms with Gasteiger partial charge in [0.25, 0.3) is 17.5 Å². The van der Waals surface area contributed by atoms with Crippen LogP contribution in [0.3, 0.4) is 0 Å². The Labute approximate surface area is 318 Å². The van der Waals surface area contributed by atoms with Crippen LogP contribution in [0.5, 0.6) is 17.2 Å². The molecule has 0 bridgehead atoms. The van der Waals surface area contributed by atoms with E-state index in [9.17, 15) is 48.3 Å². The number of rotatable bonds is 14. The fraction of sp³-hybridized carbons (Fsp3) is 0.286. The van der Waals surface area contributed by atoms with Gasteiger partial charge in [0.2, 0.25) is 11.3 Å². The van der Waals surface area contributed by atoms with Crippen LogP contribution in [0.15, 0.2) is 63.1 Å². The van der Waals surface area contributed by atoms with E-state index >= 15 is 0 Å². The summed E-state index contributed by atoms with van der Waals surface area (Å²) in [4.78, 5) is 114. The number of carboxylic acid groups (broad SMARTS) is 2. The van der Waals surface area contributed by atoms with Crippen LogP contribution in [-0.4, -0.2) is 99.9 Å². The second-order valence-corrected chi connectivity index (χ2v) is 13.0. The van der Waals surface area contributed by atoms with E-state index in [-0.39, 0.29) is 45.1 Å². The van der Waals surface area contributed by atoms with Gasteiger partial charge in [0.1, 0.15) is 46.9 Å². The van der Waals surface area contributed by atoms with E-state index in [4.69, 9.17) is 33.2 Å². The van der Waals surface area contributed by atoms with Crippen LogP contribution in [0, 0.1) is 0 Å². The number of methoxy groups -OCH3 is 1. The highest BCUT2D eigenvalue weighted by Gasteiger charge is 2.67. The monoisotopic (exact) mass is 797 g/mol. The van der Waals surface area contributed by atoms with Gasteiger partial charge >= 0.3 is 29.8 Å². The van der Waals surface area contributed by atoms with E-state index in [2.05, 4.69) is 10.6 Å². The molecule has 21 heteroatoms. The molecule has 0 spiro atoms. The number of carboxylic acids is 2. The van der Waals surface area contributed by atoms with Crippen LogP contribution in [0.1, 0.15) is 42.7 Å². The Kier molecular flexibility index (Phi) is 11.8. The van der Waals surface area contributed by atoms with E-state index in [1.54, 1.807) is 0 Å². The number of benzene rings is 2. The standard InChI is InChI=1S/C35H31N3O17S/c1-15(39)51-11-19-14-56-34-35(50-4,33(49)38(34)28(19)32(47)48)37-31(46)27(18-5-7-20(8-6-18)52-13-26(42)43)36-30(45)22-12-53-23-10-25(55-17(3)41)24(54-16(2)40)9-21(23)29(22)44/h5-10,12,27,34H,11,13-14H2,1-4H3,(H,36,45)(H,37,46)(H,42,43)(H,47,48)/t27?,34-,35-/m0/s1. The lowest BCUT2D eigenvalue weighted by atomic mass is 9.96. The van der Waals surface area contributed by atoms with Crippen LogP contribution in [0.2, 0.25) is 0 Å². The van der Waals surface area contributed by atoms with Gasteiger partial charge in [-0.2, -0.15) is 0 Å². The Hall–Kier alpha value is -6.74. The molecule has 4 N–H and O–H groups in total. The minimum atomic E-state index is -2.17. The van der Waals surface area contributed by atoms with Crippen molar-refractivity contribution < 1.29 is 76.7 Å². The zero-order valence-corrected chi connectivity index (χ0v) is 30.5. The Morgan fingerprint density at radius 3 is 2.18 bits per heavy atom. The molecule has 0 radical (unpaired) electrons. The van der Waals surface area contributed by atoms with Crippen molar-refractivity contribution in [3.05, 3.63) is 75.3 Å². The number of carbonyl (C=O) groups excluding carboxylic acids is 6. The van der Waals surface area contributed by atoms with Gasteiger partial charge < -0.3 is 48.9 Å². The first-order valence-electron chi connectivity index (χ1n) is 16.1. The Morgan fingerprint density at radius 2 is 1.61 bits per heavy atom. The topological polar surface area (TPSA) is 281 Å². The molecule has 2 aliphatic rings. The zero-order chi connectivity index (χ0) is 41.1. The molecule has 5 rings (SSSR count). The van der Waals surface area contributed by atoms with E-state index in [0.29, 0.717) is 0 Å². The number of nitrogens with one attached hydrogen (secondary N) is 2. The highest BCUT2D eigenvalue weighted by molar-refractivity contribution is 8.00. The first-order chi connectivity index (χ1) is 26.5. The summed E-state index contributed by atoms with van der Waals surface area (Å²) >= 11 is 0.999. The summed E-state index contributed by atoms with van der Waals surface area (Å²) < 4.78 is 31.2. The molecule has 294 valence electrons. The van der Waals surface area contributed by atoms with Gasteiger partial charge in [-0.25, -0.2) is 9.59 Å². The molecule has 3 atom stereocenters. The molecular formula is C35H31N3O17S. The smallest absolute Gasteiger partial charge is 0.352 e. The minimum absolute atomic E-state index is 0.0350. The predicted octanol–water partition coefficient (Wildman–Crippen LogP) is 0.854. The molecule has 20 nitrogen and oxygen atoms in total. The third-order valence-corrected chi connectivity index (χ3v) is 9.47. The SMILES string of the molecule is CO[C@@]1(NC(=O)C(NC(=O)c2coc3cc(OC(C)=O)c(OC(C)=O)cc3c2=O)c2ccc(OCC(=O)O)cc2)C(=O)N2C(C(=O)O)=C(COC(C)=O)CS[C@H]21. The van der Waals surface area contributed by atoms with Gasteiger partial charge in [-0.05, 0) is 23.8 Å². The van der Waals surface area contributed by atoms with Crippen LogP contribution < -0.4 is 30.3 Å². The number of amides is 3. The molecule has 0 saturated carbocycles. The number of β-lactam (4-membered cyclic amide) rings is 1. The van der Waals surface area contributed by atoms with E-state index in [1.807, 2.05) is 0 Å². The van der Waals surface area contributed by atoms with Crippen LogP contribution in [-0.2, 0) is 43.0 Å². The summed E-state index contributed by atoms with van der Waals surface area (Å²) in [5.74, 6) is -8.86. The maximum absolute atomic E-state index is 14.2. The Morgan fingerprint density at radius 1 is 0.964 bits per heavy atom. The number of thioether (sulfide) groups is 1. The van der Waals surface area contributed by atoms with Gasteiger partial charge in [-0.1, -0.05) is 12.1 Å². The lowest BCUT2D eigenvalue weighted by molar-refractivity contribution is -0.193. The highest BCUT2D eigenvalue weighted by Crippen LogP contribution is 2.47. The molecule has 56 heavy (non-hydrogen) atoms. The van der Waals surface area contributed by atoms with Crippen molar-refractivity contribution >= 4 is 70.3 Å². The van der Waals surface area contributed by atoms with Crippen molar-refractivity contribution in [3.8, 4) is 17.2 Å². The molecule has 1 saturated heterocycles. The zero-order valence-electron chi connectivity index (χ0n) is 29.7. The number of hydrogen-bond acceptors (Lipinski definition) is 16. The number of ether oxygens (including phenoxy) is 5. The summed E-state index contributed by atoms with van der Waals surface area (Å²) in [5, 5.41) is 22.4. The molecule has 2 aliphatic heterocycles. The molecule has 1 aromatic heterocycles. The second-order valence-electron chi connectivity index (χ2n) is 11.9. The molecular weight excluding hydrogens is 766 g/mol. The van der Waals surface area contributed by atoms with Crippen LogP contribution >= 0.6 is 11.8 Å². The first kappa shape index (κ1) is 40.4. The van der Waals surface area contributed by atoms with Gasteiger partial charge in [-0.15, -0.1) is 11.8 Å². The summed E-state index contributed by atoms with van der Waals surface area (Å²) in [6, 6.07) is 5.57. The predicted molar refractivity (Wildman–Crippen MR) is 187 cm³/mol. The Bertz CT molecular complexity index is 2270. The van der Waals surface area contributed by atoms with E-state index in [1.165, 1.54) is 24.3 Å². The average Bonchev–Trinajstić information content (AvgIpc) is 3.13. The number of carbonyl (C=O) groups is 8. The molecule has 3 heterocycles. The molecule has 1 unspecified atom stereocenters. The van der Waals surface area contributed by atoms with E-state index < -0.39 is 94.6 Å². The van der Waals surface area contributed by atoms with Crippen molar-refractivity contribution in [2.75, 3.05) is 26.1 Å². The lowest BCUT2D eigenvalue weighted by Crippen LogP contribution is -2.81. The largest absolute Gasteiger partial charge is 0.482 e. The summed E-state index contributed by atoms with van der Waals surface area (Å²) in [7, 11) is 1.09. The maximum atomic E-state index is 14.2. The minimum Gasteiger partial charge on any atom is -0.482 e. The van der Waals surface area contributed by atoms with Crippen molar-refractivity contribution in [3.63, 3.8) is 0 Å². The highest BCUT2D eigenvalue weighted by atomic mass is 32.2. The summed E-state index contributed by atoms with van der Waals surface area (Å²) in [6.07, 6.45) is 0.774. The molecule has 0 aliphatic carbocycles. The van der Waals surface area contributed by atoms with Crippen molar-refractivity contribution in [1.82, 2.24) is 15.5 Å². The average molecular weight is 798 g/mol. The third-order valence-electron chi connectivity index (χ3n) is 8.10. The summed E-state index contributed by atoms with van der Waals surface area (Å²) in [6.45, 7) is 2.17. The molecule has 3 aromatic rings. The second kappa shape index (κ2) is 16.3. The van der Waals surface area contributed by atoms with Crippen molar-refractivity contribution in [1.29, 1.82) is 0 Å². The Balaban J connectivity index is 1.50. The van der Waals surface area contributed by atoms with Crippen molar-refractivity contribution in [2.45, 2.75) is 37.9 Å². The molecule has 2 aromatic carbocycles. The normalized spacial score (nSPS) is 17.8. The first-order valence-corrected chi connectivity index (χ1v) is 17.1. The quantitative estimate of drug-likeness (QED) is 0.0761. The van der Waals surface area contributed by atoms with Gasteiger partial charge in [0, 0.05) is 45.3 Å². The van der Waals surface area contributed by atoms with Crippen LogP contribution in [0.4, 0.5) is 0 Å². The third kappa shape index (κ3) is 8.17. The fourth-order valence-electron chi connectivity index (χ4n) is 5.67. The van der Waals surface area contributed by atoms with Gasteiger partial charge in [-0.3, -0.25) is 38.5 Å². The van der Waals surface area contributed by atoms with E-state index in [0.717, 1.165) is 62.9 Å². The van der Waals surface area contributed by atoms with Crippen LogP contribution in [0.25, 0.3) is 11.0 Å². The molecule has 1 fully saturated rings. The maximum Gasteiger partial charge on any atom is 0.352 e. The lowest BCUT2D eigenvalue weighted by Gasteiger charge is -2.56. The van der Waals surface area contributed by atoms with Gasteiger partial charge in [0.15, 0.2) is 18.1 Å². The fourth-order valence-corrected chi connectivity index (χ4v) is 7.09. The molecule has 3 amide bonds. The number of nitrogens with zero attached hydrogens (tertiary/aromatic N) is 1. The number of aliphatic carboxylic acids is 2. The number of esters is 3. The number of hydrogen-bond donors (Lipinski definition) is 4. The van der Waals surface area contributed by atoms with Crippen molar-refractivity contribution in [2.24, 2.45) is 0 Å². The number of fused-ring (bicyclic) bond motifs is 2.